The highest BCUT2D eigenvalue weighted by atomic mass is 16.5. The maximum absolute atomic E-state index is 5.48. The molecule has 0 aromatic heterocycles. The number of allylic oxidation sites excluding steroid dienone is 1. The third kappa shape index (κ3) is 1.92. The van der Waals surface area contributed by atoms with Crippen LogP contribution < -0.4 is 9.47 Å². The van der Waals surface area contributed by atoms with E-state index >= 15 is 0 Å². The second kappa shape index (κ2) is 5.13. The normalized spacial score (nSPS) is 29.2. The van der Waals surface area contributed by atoms with Gasteiger partial charge in [0, 0.05) is 11.5 Å². The minimum absolute atomic E-state index is 0.145. The number of benzene rings is 1. The van der Waals surface area contributed by atoms with E-state index in [1.165, 1.54) is 24.8 Å². The molecule has 2 aliphatic rings. The van der Waals surface area contributed by atoms with E-state index in [4.69, 9.17) is 9.47 Å². The molecule has 0 bridgehead atoms. The number of rotatable bonds is 3. The number of likely N-dealkylation sites (tertiary alicyclic amines) is 1. The summed E-state index contributed by atoms with van der Waals surface area (Å²) in [6.07, 6.45) is 8.36. The lowest BCUT2D eigenvalue weighted by molar-refractivity contribution is 0.248. The first-order valence-electron chi connectivity index (χ1n) is 7.32. The van der Waals surface area contributed by atoms with Crippen LogP contribution in [0.1, 0.15) is 24.8 Å². The average Bonchev–Trinajstić information content (AvgIpc) is 2.85. The third-order valence-corrected chi connectivity index (χ3v) is 4.95. The number of hydrogen-bond donors (Lipinski definition) is 0. The summed E-state index contributed by atoms with van der Waals surface area (Å²) in [7, 11) is 5.63. The average molecular weight is 273 g/mol. The molecule has 1 fully saturated rings. The van der Waals surface area contributed by atoms with Gasteiger partial charge in [0.1, 0.15) is 0 Å². The van der Waals surface area contributed by atoms with Crippen LogP contribution in [0.25, 0.3) is 0 Å². The van der Waals surface area contributed by atoms with Crippen molar-refractivity contribution in [3.05, 3.63) is 35.9 Å². The first-order chi connectivity index (χ1) is 9.71. The molecule has 3 rings (SSSR count). The van der Waals surface area contributed by atoms with Crippen molar-refractivity contribution in [3.63, 3.8) is 0 Å². The summed E-state index contributed by atoms with van der Waals surface area (Å²) >= 11 is 0. The van der Waals surface area contributed by atoms with Gasteiger partial charge in [-0.25, -0.2) is 0 Å². The van der Waals surface area contributed by atoms with Gasteiger partial charge in [-0.1, -0.05) is 18.2 Å². The zero-order valence-corrected chi connectivity index (χ0v) is 12.6. The molecular formula is C17H23NO2. The molecule has 2 atom stereocenters. The topological polar surface area (TPSA) is 21.7 Å². The molecule has 0 amide bonds. The van der Waals surface area contributed by atoms with Gasteiger partial charge in [-0.2, -0.15) is 0 Å². The molecular weight excluding hydrogens is 250 g/mol. The van der Waals surface area contributed by atoms with Crippen LogP contribution in [0.4, 0.5) is 0 Å². The fourth-order valence-electron chi connectivity index (χ4n) is 3.86. The monoisotopic (exact) mass is 273 g/mol. The molecule has 1 aliphatic heterocycles. The van der Waals surface area contributed by atoms with Crippen molar-refractivity contribution in [2.45, 2.75) is 30.7 Å². The molecule has 0 radical (unpaired) electrons. The Bertz CT molecular complexity index is 526. The number of methoxy groups -OCH3 is 2. The molecule has 20 heavy (non-hydrogen) atoms. The van der Waals surface area contributed by atoms with Crippen molar-refractivity contribution < 1.29 is 9.47 Å². The minimum Gasteiger partial charge on any atom is -0.493 e. The summed E-state index contributed by atoms with van der Waals surface area (Å²) in [5.41, 5.74) is 1.49. The van der Waals surface area contributed by atoms with Gasteiger partial charge in [-0.15, -0.1) is 0 Å². The Morgan fingerprint density at radius 2 is 2.00 bits per heavy atom. The van der Waals surface area contributed by atoms with E-state index in [-0.39, 0.29) is 5.41 Å². The lowest BCUT2D eigenvalue weighted by Crippen LogP contribution is -2.41. The quantitative estimate of drug-likeness (QED) is 0.790. The Labute approximate surface area is 121 Å². The fraction of sp³-hybridized carbons (Fsp3) is 0.529. The molecule has 3 nitrogen and oxygen atoms in total. The van der Waals surface area contributed by atoms with E-state index in [1.807, 2.05) is 6.07 Å². The van der Waals surface area contributed by atoms with Crippen molar-refractivity contribution in [3.8, 4) is 11.5 Å². The molecule has 1 heterocycles. The van der Waals surface area contributed by atoms with E-state index in [0.29, 0.717) is 6.04 Å². The molecule has 1 aliphatic carbocycles. The largest absolute Gasteiger partial charge is 0.493 e. The number of hydrogen-bond acceptors (Lipinski definition) is 3. The Morgan fingerprint density at radius 1 is 1.20 bits per heavy atom. The standard InChI is InChI=1S/C17H23NO2/c1-18-11-10-17(9-5-4-6-16(17)18)13-7-8-14(19-2)15(12-13)20-3/h5,7-9,12,16H,4,6,10-11H2,1-3H3. The van der Waals surface area contributed by atoms with Gasteiger partial charge >= 0.3 is 0 Å². The van der Waals surface area contributed by atoms with Crippen LogP contribution in [0.3, 0.4) is 0 Å². The summed E-state index contributed by atoms with van der Waals surface area (Å²) in [6.45, 7) is 1.16. The van der Waals surface area contributed by atoms with E-state index in [9.17, 15) is 0 Å². The Balaban J connectivity index is 2.06. The van der Waals surface area contributed by atoms with Gasteiger partial charge < -0.3 is 14.4 Å². The van der Waals surface area contributed by atoms with Gasteiger partial charge in [0.25, 0.3) is 0 Å². The summed E-state index contributed by atoms with van der Waals surface area (Å²) in [6, 6.07) is 6.98. The second-order valence-corrected chi connectivity index (χ2v) is 5.84. The van der Waals surface area contributed by atoms with Crippen LogP contribution in [0.5, 0.6) is 11.5 Å². The second-order valence-electron chi connectivity index (χ2n) is 5.84. The maximum Gasteiger partial charge on any atom is 0.161 e. The Kier molecular flexibility index (Phi) is 3.47. The summed E-state index contributed by atoms with van der Waals surface area (Å²) in [5.74, 6) is 1.63. The van der Waals surface area contributed by atoms with Crippen molar-refractivity contribution in [1.29, 1.82) is 0 Å². The number of likely N-dealkylation sites (N-methyl/N-ethyl adjacent to an activating group) is 1. The molecule has 3 heteroatoms. The smallest absolute Gasteiger partial charge is 0.161 e. The summed E-state index contributed by atoms with van der Waals surface area (Å²) in [5, 5.41) is 0. The van der Waals surface area contributed by atoms with Gasteiger partial charge in [0.2, 0.25) is 0 Å². The first kappa shape index (κ1) is 13.5. The zero-order valence-electron chi connectivity index (χ0n) is 12.6. The highest BCUT2D eigenvalue weighted by Crippen LogP contribution is 2.46. The van der Waals surface area contributed by atoms with Gasteiger partial charge in [-0.3, -0.25) is 0 Å². The molecule has 0 spiro atoms. The Morgan fingerprint density at radius 3 is 2.75 bits per heavy atom. The van der Waals surface area contributed by atoms with E-state index in [1.54, 1.807) is 14.2 Å². The van der Waals surface area contributed by atoms with Crippen LogP contribution in [0.15, 0.2) is 30.4 Å². The van der Waals surface area contributed by atoms with Crippen LogP contribution in [0, 0.1) is 0 Å². The molecule has 108 valence electrons. The Hall–Kier alpha value is -1.48. The van der Waals surface area contributed by atoms with Crippen molar-refractivity contribution >= 4 is 0 Å². The SMILES string of the molecule is COc1ccc(C23C=CCCC2N(C)CC3)cc1OC. The number of nitrogens with zero attached hydrogens (tertiary/aromatic N) is 1. The summed E-state index contributed by atoms with van der Waals surface area (Å²) < 4.78 is 10.8. The van der Waals surface area contributed by atoms with Crippen LogP contribution in [-0.4, -0.2) is 38.8 Å². The summed E-state index contributed by atoms with van der Waals surface area (Å²) in [4.78, 5) is 2.50. The fourth-order valence-corrected chi connectivity index (χ4v) is 3.86. The molecule has 0 saturated carbocycles. The third-order valence-electron chi connectivity index (χ3n) is 4.95. The van der Waals surface area contributed by atoms with Gasteiger partial charge in [0.15, 0.2) is 11.5 Å². The van der Waals surface area contributed by atoms with E-state index < -0.39 is 0 Å². The van der Waals surface area contributed by atoms with Gasteiger partial charge in [0.05, 0.1) is 14.2 Å². The minimum atomic E-state index is 0.145. The predicted octanol–water partition coefficient (Wildman–Crippen LogP) is 3.00. The lowest BCUT2D eigenvalue weighted by atomic mass is 9.70. The van der Waals surface area contributed by atoms with E-state index in [0.717, 1.165) is 18.0 Å². The highest BCUT2D eigenvalue weighted by Gasteiger charge is 2.46. The highest BCUT2D eigenvalue weighted by molar-refractivity contribution is 5.48. The van der Waals surface area contributed by atoms with Gasteiger partial charge in [-0.05, 0) is 50.6 Å². The first-order valence-corrected chi connectivity index (χ1v) is 7.32. The van der Waals surface area contributed by atoms with Crippen LogP contribution >= 0.6 is 0 Å². The molecule has 1 saturated heterocycles. The van der Waals surface area contributed by atoms with Crippen LogP contribution in [-0.2, 0) is 5.41 Å². The predicted molar refractivity (Wildman–Crippen MR) is 80.6 cm³/mol. The van der Waals surface area contributed by atoms with Crippen molar-refractivity contribution in [2.75, 3.05) is 27.8 Å². The molecule has 0 N–H and O–H groups in total. The lowest BCUT2D eigenvalue weighted by Gasteiger charge is -2.38. The van der Waals surface area contributed by atoms with Crippen LogP contribution in [0.2, 0.25) is 0 Å². The zero-order chi connectivity index (χ0) is 14.2. The van der Waals surface area contributed by atoms with Crippen molar-refractivity contribution in [2.24, 2.45) is 0 Å². The maximum atomic E-state index is 5.48. The van der Waals surface area contributed by atoms with Crippen molar-refractivity contribution in [1.82, 2.24) is 4.90 Å². The van der Waals surface area contributed by atoms with E-state index in [2.05, 4.69) is 36.2 Å². The molecule has 2 unspecified atom stereocenters. The number of ether oxygens (including phenoxy) is 2. The molecule has 1 aromatic rings. The molecule has 1 aromatic carbocycles. The number of fused-ring (bicyclic) bond motifs is 1.